The molecule has 0 aromatic rings. The van der Waals surface area contributed by atoms with Gasteiger partial charge in [0.25, 0.3) is 0 Å². The zero-order valence-electron chi connectivity index (χ0n) is 10.5. The third kappa shape index (κ3) is 3.35. The van der Waals surface area contributed by atoms with Crippen molar-refractivity contribution >= 4 is 6.03 Å². The second-order valence-electron chi connectivity index (χ2n) is 5.31. The first-order valence-electron chi connectivity index (χ1n) is 6.99. The summed E-state index contributed by atoms with van der Waals surface area (Å²) in [6.45, 7) is 0.891. The average molecular weight is 240 g/mol. The molecule has 1 aliphatic heterocycles. The molecule has 2 rings (SSSR count). The number of aliphatic hydroxyl groups excluding tert-OH is 1. The maximum atomic E-state index is 12.1. The van der Waals surface area contributed by atoms with Crippen molar-refractivity contribution in [2.75, 3.05) is 13.2 Å². The molecule has 2 fully saturated rings. The minimum atomic E-state index is 0.0346. The molecule has 98 valence electrons. The molecule has 1 saturated carbocycles. The van der Waals surface area contributed by atoms with Gasteiger partial charge in [0.15, 0.2) is 0 Å². The largest absolute Gasteiger partial charge is 0.394 e. The van der Waals surface area contributed by atoms with E-state index in [9.17, 15) is 9.90 Å². The molecule has 1 saturated heterocycles. The molecule has 0 radical (unpaired) electrons. The van der Waals surface area contributed by atoms with Crippen LogP contribution < -0.4 is 5.32 Å². The fourth-order valence-corrected chi connectivity index (χ4v) is 2.96. The van der Waals surface area contributed by atoms with Crippen LogP contribution in [0.2, 0.25) is 0 Å². The number of aliphatic hydroxyl groups is 1. The summed E-state index contributed by atoms with van der Waals surface area (Å²) in [5.41, 5.74) is 0. The van der Waals surface area contributed by atoms with E-state index >= 15 is 0 Å². The first-order valence-corrected chi connectivity index (χ1v) is 6.99. The number of carbonyl (C=O) groups is 1. The van der Waals surface area contributed by atoms with Gasteiger partial charge in [0, 0.05) is 12.6 Å². The highest BCUT2D eigenvalue weighted by Gasteiger charge is 2.27. The van der Waals surface area contributed by atoms with E-state index in [1.54, 1.807) is 0 Å². The lowest BCUT2D eigenvalue weighted by atomic mass is 9.95. The van der Waals surface area contributed by atoms with Crippen molar-refractivity contribution in [1.82, 2.24) is 10.2 Å². The smallest absolute Gasteiger partial charge is 0.317 e. The van der Waals surface area contributed by atoms with Gasteiger partial charge < -0.3 is 15.3 Å². The fourth-order valence-electron chi connectivity index (χ4n) is 2.96. The highest BCUT2D eigenvalue weighted by Crippen LogP contribution is 2.20. The monoisotopic (exact) mass is 240 g/mol. The number of rotatable bonds is 2. The topological polar surface area (TPSA) is 52.6 Å². The normalized spacial score (nSPS) is 26.9. The molecule has 17 heavy (non-hydrogen) atoms. The predicted octanol–water partition coefficient (Wildman–Crippen LogP) is 1.88. The highest BCUT2D eigenvalue weighted by atomic mass is 16.3. The molecule has 0 spiro atoms. The van der Waals surface area contributed by atoms with Gasteiger partial charge in [-0.2, -0.15) is 0 Å². The van der Waals surface area contributed by atoms with E-state index < -0.39 is 0 Å². The van der Waals surface area contributed by atoms with E-state index in [2.05, 4.69) is 5.32 Å². The number of hydrogen-bond donors (Lipinski definition) is 2. The SMILES string of the molecule is O=C(NC1CCCCC1)N1CCCC[C@H]1CO. The number of hydrogen-bond acceptors (Lipinski definition) is 2. The Balaban J connectivity index is 1.84. The summed E-state index contributed by atoms with van der Waals surface area (Å²) in [5, 5.41) is 12.4. The van der Waals surface area contributed by atoms with Crippen LogP contribution in [-0.2, 0) is 0 Å². The first-order chi connectivity index (χ1) is 8.31. The third-order valence-electron chi connectivity index (χ3n) is 4.03. The number of nitrogens with zero attached hydrogens (tertiary/aromatic N) is 1. The van der Waals surface area contributed by atoms with Crippen LogP contribution in [0.15, 0.2) is 0 Å². The van der Waals surface area contributed by atoms with E-state index in [0.717, 1.165) is 38.6 Å². The van der Waals surface area contributed by atoms with Crippen molar-refractivity contribution in [2.45, 2.75) is 63.5 Å². The van der Waals surface area contributed by atoms with Crippen molar-refractivity contribution in [3.8, 4) is 0 Å². The molecule has 0 unspecified atom stereocenters. The zero-order chi connectivity index (χ0) is 12.1. The molecule has 2 aliphatic rings. The van der Waals surface area contributed by atoms with Crippen molar-refractivity contribution < 1.29 is 9.90 Å². The van der Waals surface area contributed by atoms with Gasteiger partial charge in [0.1, 0.15) is 0 Å². The summed E-state index contributed by atoms with van der Waals surface area (Å²) < 4.78 is 0. The van der Waals surface area contributed by atoms with Crippen LogP contribution in [0, 0.1) is 0 Å². The standard InChI is InChI=1S/C13H24N2O2/c16-10-12-8-4-5-9-15(12)13(17)14-11-6-2-1-3-7-11/h11-12,16H,1-10H2,(H,14,17)/t12-/m0/s1. The summed E-state index contributed by atoms with van der Waals surface area (Å²) in [5.74, 6) is 0. The number of urea groups is 1. The Morgan fingerprint density at radius 3 is 2.53 bits per heavy atom. The molecule has 0 aromatic heterocycles. The number of piperidine rings is 1. The van der Waals surface area contributed by atoms with Crippen molar-refractivity contribution in [3.63, 3.8) is 0 Å². The van der Waals surface area contributed by atoms with Crippen LogP contribution in [-0.4, -0.2) is 41.3 Å². The van der Waals surface area contributed by atoms with Gasteiger partial charge in [-0.05, 0) is 32.1 Å². The van der Waals surface area contributed by atoms with Crippen molar-refractivity contribution in [2.24, 2.45) is 0 Å². The number of amides is 2. The number of carbonyl (C=O) groups excluding carboxylic acids is 1. The Bertz CT molecular complexity index is 252. The molecule has 2 N–H and O–H groups in total. The van der Waals surface area contributed by atoms with Crippen LogP contribution in [0.4, 0.5) is 4.79 Å². The third-order valence-corrected chi connectivity index (χ3v) is 4.03. The van der Waals surface area contributed by atoms with Crippen LogP contribution in [0.25, 0.3) is 0 Å². The predicted molar refractivity (Wildman–Crippen MR) is 66.8 cm³/mol. The quantitative estimate of drug-likeness (QED) is 0.774. The molecule has 4 heteroatoms. The van der Waals surface area contributed by atoms with Gasteiger partial charge in [0.2, 0.25) is 0 Å². The van der Waals surface area contributed by atoms with Gasteiger partial charge in [-0.25, -0.2) is 4.79 Å². The average Bonchev–Trinajstić information content (AvgIpc) is 2.40. The minimum Gasteiger partial charge on any atom is -0.394 e. The maximum absolute atomic E-state index is 12.1. The molecule has 1 aliphatic carbocycles. The van der Waals surface area contributed by atoms with E-state index in [4.69, 9.17) is 0 Å². The van der Waals surface area contributed by atoms with E-state index in [0.29, 0.717) is 6.04 Å². The minimum absolute atomic E-state index is 0.0346. The Hall–Kier alpha value is -0.770. The van der Waals surface area contributed by atoms with Crippen molar-refractivity contribution in [1.29, 1.82) is 0 Å². The van der Waals surface area contributed by atoms with Crippen molar-refractivity contribution in [3.05, 3.63) is 0 Å². The molecular weight excluding hydrogens is 216 g/mol. The van der Waals surface area contributed by atoms with E-state index in [1.165, 1.54) is 19.3 Å². The van der Waals surface area contributed by atoms with Crippen LogP contribution in [0.3, 0.4) is 0 Å². The summed E-state index contributed by atoms with van der Waals surface area (Å²) in [6, 6.07) is 0.431. The molecule has 1 heterocycles. The summed E-state index contributed by atoms with van der Waals surface area (Å²) in [4.78, 5) is 14.0. The zero-order valence-corrected chi connectivity index (χ0v) is 10.5. The van der Waals surface area contributed by atoms with Gasteiger partial charge in [-0.15, -0.1) is 0 Å². The summed E-state index contributed by atoms with van der Waals surface area (Å²) in [6.07, 6.45) is 9.12. The van der Waals surface area contributed by atoms with Crippen LogP contribution >= 0.6 is 0 Å². The lowest BCUT2D eigenvalue weighted by molar-refractivity contribution is 0.105. The second-order valence-corrected chi connectivity index (χ2v) is 5.31. The summed E-state index contributed by atoms with van der Waals surface area (Å²) >= 11 is 0. The Labute approximate surface area is 103 Å². The molecule has 4 nitrogen and oxygen atoms in total. The number of nitrogens with one attached hydrogen (secondary N) is 1. The van der Waals surface area contributed by atoms with Crippen LogP contribution in [0.5, 0.6) is 0 Å². The fraction of sp³-hybridized carbons (Fsp3) is 0.923. The Morgan fingerprint density at radius 1 is 1.12 bits per heavy atom. The summed E-state index contributed by atoms with van der Waals surface area (Å²) in [7, 11) is 0. The first kappa shape index (κ1) is 12.7. The highest BCUT2D eigenvalue weighted by molar-refractivity contribution is 5.75. The Kier molecular flexibility index (Phi) is 4.66. The molecule has 0 bridgehead atoms. The van der Waals surface area contributed by atoms with E-state index in [-0.39, 0.29) is 18.7 Å². The number of likely N-dealkylation sites (tertiary alicyclic amines) is 1. The van der Waals surface area contributed by atoms with E-state index in [1.807, 2.05) is 4.90 Å². The second kappa shape index (κ2) is 6.24. The molecular formula is C13H24N2O2. The lowest BCUT2D eigenvalue weighted by Crippen LogP contribution is -2.52. The van der Waals surface area contributed by atoms with Gasteiger partial charge in [-0.3, -0.25) is 0 Å². The van der Waals surface area contributed by atoms with Crippen LogP contribution in [0.1, 0.15) is 51.4 Å². The molecule has 2 amide bonds. The van der Waals surface area contributed by atoms with Gasteiger partial charge in [0.05, 0.1) is 12.6 Å². The van der Waals surface area contributed by atoms with Gasteiger partial charge in [-0.1, -0.05) is 19.3 Å². The lowest BCUT2D eigenvalue weighted by Gasteiger charge is -2.36. The maximum Gasteiger partial charge on any atom is 0.317 e. The molecule has 1 atom stereocenters. The Morgan fingerprint density at radius 2 is 1.82 bits per heavy atom. The molecule has 0 aromatic carbocycles. The van der Waals surface area contributed by atoms with Gasteiger partial charge >= 0.3 is 6.03 Å².